The third kappa shape index (κ3) is 3.75. The van der Waals surface area contributed by atoms with Gasteiger partial charge in [0.2, 0.25) is 0 Å². The number of benzene rings is 1. The lowest BCUT2D eigenvalue weighted by Crippen LogP contribution is -2.44. The van der Waals surface area contributed by atoms with Gasteiger partial charge in [-0.2, -0.15) is 0 Å². The quantitative estimate of drug-likeness (QED) is 0.859. The molecule has 1 aromatic heterocycles. The van der Waals surface area contributed by atoms with Gasteiger partial charge in [0, 0.05) is 25.2 Å². The fourth-order valence-corrected chi connectivity index (χ4v) is 4.14. The minimum Gasteiger partial charge on any atom is -0.477 e. The molecule has 2 aromatic rings. The fourth-order valence-electron chi connectivity index (χ4n) is 3.38. The van der Waals surface area contributed by atoms with Gasteiger partial charge in [-0.05, 0) is 43.0 Å². The van der Waals surface area contributed by atoms with E-state index in [1.165, 1.54) is 17.2 Å². The molecule has 1 aromatic carbocycles. The van der Waals surface area contributed by atoms with Crippen LogP contribution in [0.4, 0.5) is 0 Å². The molecule has 1 saturated heterocycles. The van der Waals surface area contributed by atoms with E-state index in [2.05, 4.69) is 24.4 Å². The molecule has 25 heavy (non-hydrogen) atoms. The number of amides is 1. The van der Waals surface area contributed by atoms with Crippen molar-refractivity contribution in [3.05, 3.63) is 57.3 Å². The van der Waals surface area contributed by atoms with Gasteiger partial charge in [0.15, 0.2) is 0 Å². The molecule has 2 heterocycles. The molecule has 0 bridgehead atoms. The first-order chi connectivity index (χ1) is 12.0. The number of carbonyl (C=O) groups is 2. The zero-order valence-electron chi connectivity index (χ0n) is 14.1. The highest BCUT2D eigenvalue weighted by molar-refractivity contribution is 7.15. The summed E-state index contributed by atoms with van der Waals surface area (Å²) in [5.74, 6) is -1.23. The van der Waals surface area contributed by atoms with Gasteiger partial charge >= 0.3 is 5.97 Å². The Labute approximate surface area is 150 Å². The van der Waals surface area contributed by atoms with Gasteiger partial charge in [-0.25, -0.2) is 4.79 Å². The Morgan fingerprint density at radius 2 is 1.84 bits per heavy atom. The molecule has 6 heteroatoms. The number of aryl methyl sites for hydroxylation is 1. The Morgan fingerprint density at radius 3 is 2.48 bits per heavy atom. The highest BCUT2D eigenvalue weighted by atomic mass is 32.1. The summed E-state index contributed by atoms with van der Waals surface area (Å²) in [7, 11) is 0. The van der Waals surface area contributed by atoms with Gasteiger partial charge in [-0.15, -0.1) is 11.3 Å². The van der Waals surface area contributed by atoms with Crippen molar-refractivity contribution in [2.75, 3.05) is 19.8 Å². The molecule has 3 rings (SSSR count). The first kappa shape index (κ1) is 17.6. The number of ether oxygens (including phenoxy) is 1. The van der Waals surface area contributed by atoms with Crippen LogP contribution in [0.1, 0.15) is 43.3 Å². The topological polar surface area (TPSA) is 75.6 Å². The van der Waals surface area contributed by atoms with Crippen molar-refractivity contribution in [1.82, 2.24) is 5.32 Å². The van der Waals surface area contributed by atoms with E-state index < -0.39 is 5.97 Å². The lowest BCUT2D eigenvalue weighted by molar-refractivity contribution is 0.0485. The summed E-state index contributed by atoms with van der Waals surface area (Å²) in [5.41, 5.74) is 2.31. The summed E-state index contributed by atoms with van der Waals surface area (Å²) in [4.78, 5) is 24.0. The first-order valence-corrected chi connectivity index (χ1v) is 9.09. The molecule has 0 spiro atoms. The normalized spacial score (nSPS) is 16.4. The van der Waals surface area contributed by atoms with Gasteiger partial charge in [0.05, 0.1) is 4.88 Å². The smallest absolute Gasteiger partial charge is 0.345 e. The highest BCUT2D eigenvalue weighted by Gasteiger charge is 2.36. The minimum absolute atomic E-state index is 0.147. The zero-order valence-corrected chi connectivity index (χ0v) is 14.9. The molecule has 0 unspecified atom stereocenters. The van der Waals surface area contributed by atoms with Crippen molar-refractivity contribution in [2.45, 2.75) is 25.2 Å². The van der Waals surface area contributed by atoms with Gasteiger partial charge < -0.3 is 15.2 Å². The zero-order chi connectivity index (χ0) is 17.9. The molecule has 0 saturated carbocycles. The number of carboxylic acids is 1. The average molecular weight is 359 g/mol. The molecule has 5 nitrogen and oxygen atoms in total. The van der Waals surface area contributed by atoms with Crippen molar-refractivity contribution in [1.29, 1.82) is 0 Å². The van der Waals surface area contributed by atoms with Gasteiger partial charge in [0.25, 0.3) is 5.91 Å². The van der Waals surface area contributed by atoms with E-state index in [1.54, 1.807) is 6.07 Å². The van der Waals surface area contributed by atoms with Crippen LogP contribution in [-0.2, 0) is 10.2 Å². The van der Waals surface area contributed by atoms with Crippen molar-refractivity contribution < 1.29 is 19.4 Å². The first-order valence-electron chi connectivity index (χ1n) is 8.27. The fraction of sp³-hybridized carbons (Fsp3) is 0.368. The number of rotatable bonds is 5. The van der Waals surface area contributed by atoms with Crippen LogP contribution in [0, 0.1) is 6.92 Å². The maximum atomic E-state index is 12.5. The van der Waals surface area contributed by atoms with Crippen LogP contribution in [0.3, 0.4) is 0 Å². The van der Waals surface area contributed by atoms with Crippen molar-refractivity contribution >= 4 is 23.2 Å². The van der Waals surface area contributed by atoms with E-state index in [-0.39, 0.29) is 16.2 Å². The summed E-state index contributed by atoms with van der Waals surface area (Å²) in [6.07, 6.45) is 1.70. The molecular formula is C19H21NO4S. The Hall–Kier alpha value is -2.18. The van der Waals surface area contributed by atoms with E-state index in [4.69, 9.17) is 9.84 Å². The van der Waals surface area contributed by atoms with Crippen LogP contribution in [-0.4, -0.2) is 36.7 Å². The molecule has 2 N–H and O–H groups in total. The van der Waals surface area contributed by atoms with Crippen molar-refractivity contribution in [2.24, 2.45) is 0 Å². The molecule has 1 amide bonds. The summed E-state index contributed by atoms with van der Waals surface area (Å²) in [6.45, 7) is 3.95. The second-order valence-electron chi connectivity index (χ2n) is 6.36. The van der Waals surface area contributed by atoms with Gasteiger partial charge in [-0.3, -0.25) is 4.79 Å². The lowest BCUT2D eigenvalue weighted by atomic mass is 9.72. The Bertz CT molecular complexity index is 777. The number of aromatic carboxylic acids is 1. The third-order valence-corrected chi connectivity index (χ3v) is 5.87. The molecule has 0 radical (unpaired) electrons. The summed E-state index contributed by atoms with van der Waals surface area (Å²) in [6, 6.07) is 11.3. The van der Waals surface area contributed by atoms with Crippen molar-refractivity contribution in [3.8, 4) is 0 Å². The molecule has 0 aliphatic carbocycles. The van der Waals surface area contributed by atoms with Crippen molar-refractivity contribution in [3.63, 3.8) is 0 Å². The summed E-state index contributed by atoms with van der Waals surface area (Å²) < 4.78 is 5.53. The molecule has 0 atom stereocenters. The van der Waals surface area contributed by atoms with Gasteiger partial charge in [-0.1, -0.05) is 24.3 Å². The molecule has 132 valence electrons. The predicted octanol–water partition coefficient (Wildman–Crippen LogP) is 3.23. The van der Waals surface area contributed by atoms with E-state index in [0.717, 1.165) is 24.2 Å². The van der Waals surface area contributed by atoms with Crippen LogP contribution < -0.4 is 5.32 Å². The lowest BCUT2D eigenvalue weighted by Gasteiger charge is -2.39. The summed E-state index contributed by atoms with van der Waals surface area (Å²) >= 11 is 0.997. The molecular weight excluding hydrogens is 338 g/mol. The Kier molecular flexibility index (Phi) is 5.20. The molecule has 1 aliphatic heterocycles. The Morgan fingerprint density at radius 1 is 1.16 bits per heavy atom. The van der Waals surface area contributed by atoms with Gasteiger partial charge in [0.1, 0.15) is 4.88 Å². The predicted molar refractivity (Wildman–Crippen MR) is 96.5 cm³/mol. The molecule has 1 aliphatic rings. The largest absolute Gasteiger partial charge is 0.477 e. The maximum Gasteiger partial charge on any atom is 0.345 e. The van der Waals surface area contributed by atoms with E-state index in [1.807, 2.05) is 12.1 Å². The van der Waals surface area contributed by atoms with Crippen LogP contribution in [0.2, 0.25) is 0 Å². The van der Waals surface area contributed by atoms with Crippen LogP contribution in [0.15, 0.2) is 36.4 Å². The number of carbonyl (C=O) groups excluding carboxylic acids is 1. The number of carboxylic acid groups (broad SMARTS) is 1. The van der Waals surface area contributed by atoms with Crippen LogP contribution in [0.5, 0.6) is 0 Å². The van der Waals surface area contributed by atoms with E-state index >= 15 is 0 Å². The average Bonchev–Trinajstić information content (AvgIpc) is 3.11. The van der Waals surface area contributed by atoms with Crippen LogP contribution >= 0.6 is 11.3 Å². The number of thiophene rings is 1. The molecule has 1 fully saturated rings. The highest BCUT2D eigenvalue weighted by Crippen LogP contribution is 2.36. The second kappa shape index (κ2) is 7.37. The second-order valence-corrected chi connectivity index (χ2v) is 7.44. The number of hydrogen-bond donors (Lipinski definition) is 2. The SMILES string of the molecule is Cc1ccccc1C1(CNC(=O)c2ccc(C(=O)O)s2)CCOCC1. The summed E-state index contributed by atoms with van der Waals surface area (Å²) in [5, 5.41) is 12.0. The standard InChI is InChI=1S/C19H21NO4S/c1-13-4-2-3-5-14(13)19(8-10-24-11-9-19)12-20-17(21)15-6-7-16(25-15)18(22)23/h2-7H,8-12H2,1H3,(H,20,21)(H,22,23). The monoisotopic (exact) mass is 359 g/mol. The maximum absolute atomic E-state index is 12.5. The van der Waals surface area contributed by atoms with Crippen LogP contribution in [0.25, 0.3) is 0 Å². The minimum atomic E-state index is -1.01. The Balaban J connectivity index is 1.78. The van der Waals surface area contributed by atoms with E-state index in [9.17, 15) is 9.59 Å². The number of hydrogen-bond acceptors (Lipinski definition) is 4. The van der Waals surface area contributed by atoms with E-state index in [0.29, 0.717) is 24.6 Å². The third-order valence-electron chi connectivity index (χ3n) is 4.79. The number of nitrogens with one attached hydrogen (secondary N) is 1.